The van der Waals surface area contributed by atoms with Crippen LogP contribution in [0.1, 0.15) is 12.1 Å². The van der Waals surface area contributed by atoms with Crippen molar-refractivity contribution in [2.45, 2.75) is 12.6 Å². The molecule has 11 heteroatoms. The highest BCUT2D eigenvalue weighted by Crippen LogP contribution is 2.33. The summed E-state index contributed by atoms with van der Waals surface area (Å²) < 4.78 is 43.1. The van der Waals surface area contributed by atoms with Gasteiger partial charge in [-0.2, -0.15) is 13.2 Å². The van der Waals surface area contributed by atoms with Crippen LogP contribution in [0.2, 0.25) is 0 Å². The Labute approximate surface area is 139 Å². The van der Waals surface area contributed by atoms with Crippen LogP contribution in [-0.2, 0) is 11.0 Å². The highest BCUT2D eigenvalue weighted by Gasteiger charge is 2.33. The Morgan fingerprint density at radius 1 is 1.40 bits per heavy atom. The van der Waals surface area contributed by atoms with E-state index in [0.29, 0.717) is 25.6 Å². The summed E-state index contributed by atoms with van der Waals surface area (Å²) in [6, 6.07) is 3.74. The van der Waals surface area contributed by atoms with Gasteiger partial charge in [0.15, 0.2) is 5.75 Å². The number of benzene rings is 1. The highest BCUT2D eigenvalue weighted by molar-refractivity contribution is 5.63. The van der Waals surface area contributed by atoms with E-state index in [1.165, 1.54) is 12.1 Å². The van der Waals surface area contributed by atoms with Crippen molar-refractivity contribution < 1.29 is 27.6 Å². The van der Waals surface area contributed by atoms with Crippen LogP contribution in [0.3, 0.4) is 0 Å². The molecule has 0 atom stereocenters. The number of halogens is 3. The first-order valence-corrected chi connectivity index (χ1v) is 7.03. The Hall–Kier alpha value is -3.11. The van der Waals surface area contributed by atoms with E-state index in [1.54, 1.807) is 0 Å². The number of aromatic nitrogens is 2. The van der Waals surface area contributed by atoms with E-state index >= 15 is 0 Å². The van der Waals surface area contributed by atoms with Crippen LogP contribution in [0.4, 0.5) is 18.9 Å². The average Bonchev–Trinajstić information content (AvgIpc) is 3.05. The molecule has 25 heavy (non-hydrogen) atoms. The number of nitrogens with one attached hydrogen (secondary N) is 2. The van der Waals surface area contributed by atoms with Gasteiger partial charge in [-0.1, -0.05) is 0 Å². The standard InChI is InChI=1S/C14H13F3N4O4/c15-14(16,17)12-7-19-13(20-12)9-2-3-11(10(6-9)21(23)24)25-5-1-4-18-8-22/h2-3,6-8H,1,4-5H2,(H,18,22)(H,19,20). The summed E-state index contributed by atoms with van der Waals surface area (Å²) in [6.45, 7) is 0.474. The van der Waals surface area contributed by atoms with E-state index in [-0.39, 0.29) is 23.7 Å². The number of imidazole rings is 1. The number of amides is 1. The zero-order valence-electron chi connectivity index (χ0n) is 12.7. The molecule has 0 radical (unpaired) electrons. The molecule has 0 spiro atoms. The van der Waals surface area contributed by atoms with Crippen LogP contribution in [-0.4, -0.2) is 34.5 Å². The number of aromatic amines is 1. The summed E-state index contributed by atoms with van der Waals surface area (Å²) in [5.74, 6) is -0.167. The van der Waals surface area contributed by atoms with Gasteiger partial charge < -0.3 is 15.0 Å². The number of nitrogens with zero attached hydrogens (tertiary/aromatic N) is 2. The number of ether oxygens (including phenoxy) is 1. The minimum atomic E-state index is -4.59. The number of nitro benzene ring substituents is 1. The van der Waals surface area contributed by atoms with E-state index in [9.17, 15) is 28.1 Å². The van der Waals surface area contributed by atoms with Crippen LogP contribution < -0.4 is 10.1 Å². The predicted octanol–water partition coefficient (Wildman–Crippen LogP) is 2.52. The number of hydrogen-bond donors (Lipinski definition) is 2. The van der Waals surface area contributed by atoms with Crippen molar-refractivity contribution in [1.29, 1.82) is 0 Å². The van der Waals surface area contributed by atoms with E-state index in [4.69, 9.17) is 4.74 Å². The number of hydrogen-bond acceptors (Lipinski definition) is 5. The molecule has 0 unspecified atom stereocenters. The van der Waals surface area contributed by atoms with Gasteiger partial charge in [0, 0.05) is 18.2 Å². The number of carbonyl (C=O) groups is 1. The minimum Gasteiger partial charge on any atom is -0.487 e. The van der Waals surface area contributed by atoms with Gasteiger partial charge in [-0.05, 0) is 18.6 Å². The summed E-state index contributed by atoms with van der Waals surface area (Å²) in [5, 5.41) is 13.6. The molecule has 0 aliphatic carbocycles. The summed E-state index contributed by atoms with van der Waals surface area (Å²) in [5.41, 5.74) is -1.32. The molecule has 1 aromatic heterocycles. The fraction of sp³-hybridized carbons (Fsp3) is 0.286. The Bertz CT molecular complexity index is 761. The lowest BCUT2D eigenvalue weighted by molar-refractivity contribution is -0.385. The second-order valence-electron chi connectivity index (χ2n) is 4.86. The fourth-order valence-corrected chi connectivity index (χ4v) is 1.96. The van der Waals surface area contributed by atoms with Crippen molar-refractivity contribution in [2.24, 2.45) is 0 Å². The zero-order valence-corrected chi connectivity index (χ0v) is 12.7. The number of alkyl halides is 3. The molecule has 1 amide bonds. The minimum absolute atomic E-state index is 0.0255. The van der Waals surface area contributed by atoms with Crippen molar-refractivity contribution in [3.05, 3.63) is 40.2 Å². The van der Waals surface area contributed by atoms with Crippen molar-refractivity contribution in [3.63, 3.8) is 0 Å². The van der Waals surface area contributed by atoms with Crippen LogP contribution in [0.5, 0.6) is 5.75 Å². The molecular weight excluding hydrogens is 345 g/mol. The molecule has 1 aromatic carbocycles. The van der Waals surface area contributed by atoms with Gasteiger partial charge in [0.1, 0.15) is 11.5 Å². The quantitative estimate of drug-likeness (QED) is 0.326. The maximum Gasteiger partial charge on any atom is 0.432 e. The molecule has 0 saturated heterocycles. The highest BCUT2D eigenvalue weighted by atomic mass is 19.4. The molecule has 0 bridgehead atoms. The summed E-state index contributed by atoms with van der Waals surface area (Å²) in [7, 11) is 0. The Balaban J connectivity index is 2.19. The zero-order chi connectivity index (χ0) is 18.4. The van der Waals surface area contributed by atoms with Crippen LogP contribution in [0.15, 0.2) is 24.4 Å². The van der Waals surface area contributed by atoms with Crippen molar-refractivity contribution in [3.8, 4) is 17.1 Å². The Morgan fingerprint density at radius 3 is 2.76 bits per heavy atom. The number of rotatable bonds is 8. The maximum absolute atomic E-state index is 12.6. The number of H-pyrrole nitrogens is 1. The van der Waals surface area contributed by atoms with Gasteiger partial charge >= 0.3 is 11.9 Å². The molecule has 0 saturated carbocycles. The third kappa shape index (κ3) is 4.68. The van der Waals surface area contributed by atoms with Crippen LogP contribution in [0.25, 0.3) is 11.4 Å². The SMILES string of the molecule is O=CNCCCOc1ccc(-c2ncc(C(F)(F)F)[nH]2)cc1[N+](=O)[O-]. The first kappa shape index (κ1) is 18.2. The normalized spacial score (nSPS) is 11.2. The molecule has 1 heterocycles. The van der Waals surface area contributed by atoms with Gasteiger partial charge in [0.05, 0.1) is 17.7 Å². The third-order valence-electron chi connectivity index (χ3n) is 3.12. The molecule has 2 N–H and O–H groups in total. The molecule has 2 aromatic rings. The lowest BCUT2D eigenvalue weighted by atomic mass is 10.2. The summed E-state index contributed by atoms with van der Waals surface area (Å²) in [6.07, 6.45) is -3.01. The van der Waals surface area contributed by atoms with E-state index in [1.807, 2.05) is 0 Å². The molecule has 2 rings (SSSR count). The lowest BCUT2D eigenvalue weighted by Crippen LogP contribution is -2.15. The van der Waals surface area contributed by atoms with Crippen molar-refractivity contribution in [1.82, 2.24) is 15.3 Å². The molecule has 8 nitrogen and oxygen atoms in total. The monoisotopic (exact) mass is 358 g/mol. The van der Waals surface area contributed by atoms with E-state index in [2.05, 4.69) is 15.3 Å². The lowest BCUT2D eigenvalue weighted by Gasteiger charge is -2.07. The summed E-state index contributed by atoms with van der Waals surface area (Å²) >= 11 is 0. The van der Waals surface area contributed by atoms with Gasteiger partial charge in [0.2, 0.25) is 6.41 Å². The first-order chi connectivity index (χ1) is 11.8. The molecule has 0 fully saturated rings. The van der Waals surface area contributed by atoms with E-state index < -0.39 is 22.5 Å². The Kier molecular flexibility index (Phi) is 5.57. The molecule has 134 valence electrons. The van der Waals surface area contributed by atoms with Gasteiger partial charge in [0.25, 0.3) is 0 Å². The van der Waals surface area contributed by atoms with Crippen LogP contribution >= 0.6 is 0 Å². The molecule has 0 aliphatic heterocycles. The van der Waals surface area contributed by atoms with Gasteiger partial charge in [-0.3, -0.25) is 14.9 Å². The fourth-order valence-electron chi connectivity index (χ4n) is 1.96. The summed E-state index contributed by atoms with van der Waals surface area (Å²) in [4.78, 5) is 26.2. The Morgan fingerprint density at radius 2 is 2.16 bits per heavy atom. The second kappa shape index (κ2) is 7.64. The topological polar surface area (TPSA) is 110 Å². The molecule has 0 aliphatic rings. The third-order valence-corrected chi connectivity index (χ3v) is 3.12. The second-order valence-corrected chi connectivity index (χ2v) is 4.86. The average molecular weight is 358 g/mol. The van der Waals surface area contributed by atoms with Crippen molar-refractivity contribution in [2.75, 3.05) is 13.2 Å². The number of nitro groups is 1. The molecular formula is C14H13F3N4O4. The van der Waals surface area contributed by atoms with Crippen molar-refractivity contribution >= 4 is 12.1 Å². The van der Waals surface area contributed by atoms with Gasteiger partial charge in [-0.25, -0.2) is 4.98 Å². The largest absolute Gasteiger partial charge is 0.487 e. The first-order valence-electron chi connectivity index (χ1n) is 7.03. The smallest absolute Gasteiger partial charge is 0.432 e. The van der Waals surface area contributed by atoms with E-state index in [0.717, 1.165) is 6.07 Å². The van der Waals surface area contributed by atoms with Gasteiger partial charge in [-0.15, -0.1) is 0 Å². The predicted molar refractivity (Wildman–Crippen MR) is 79.9 cm³/mol. The van der Waals surface area contributed by atoms with Crippen LogP contribution in [0, 0.1) is 10.1 Å². The maximum atomic E-state index is 12.6. The number of carbonyl (C=O) groups excluding carboxylic acids is 1.